The van der Waals surface area contributed by atoms with Gasteiger partial charge in [-0.1, -0.05) is 13.8 Å². The lowest BCUT2D eigenvalue weighted by Crippen LogP contribution is -2.14. The van der Waals surface area contributed by atoms with Gasteiger partial charge in [0.15, 0.2) is 0 Å². The summed E-state index contributed by atoms with van der Waals surface area (Å²) in [5, 5.41) is 0.319. The molecule has 1 aliphatic heterocycles. The highest BCUT2D eigenvalue weighted by molar-refractivity contribution is 6.20. The Balaban J connectivity index is 2.12. The Morgan fingerprint density at radius 2 is 2.08 bits per heavy atom. The second-order valence-electron chi connectivity index (χ2n) is 4.48. The number of ether oxygens (including phenoxy) is 1. The summed E-state index contributed by atoms with van der Waals surface area (Å²) in [5.74, 6) is 0.584. The number of halogens is 1. The van der Waals surface area contributed by atoms with Gasteiger partial charge in [0.1, 0.15) is 0 Å². The molecule has 0 bridgehead atoms. The number of hydrogen-bond donors (Lipinski definition) is 0. The Kier molecular flexibility index (Phi) is 4.54. The first-order valence-electron chi connectivity index (χ1n) is 5.39. The van der Waals surface area contributed by atoms with E-state index >= 15 is 0 Å². The fourth-order valence-electron chi connectivity index (χ4n) is 1.78. The summed E-state index contributed by atoms with van der Waals surface area (Å²) >= 11 is 6.17. The van der Waals surface area contributed by atoms with Crippen molar-refractivity contribution in [3.63, 3.8) is 0 Å². The van der Waals surface area contributed by atoms with Crippen LogP contribution in [0.1, 0.15) is 46.5 Å². The fourth-order valence-corrected chi connectivity index (χ4v) is 1.90. The van der Waals surface area contributed by atoms with Crippen LogP contribution in [0, 0.1) is 5.92 Å². The lowest BCUT2D eigenvalue weighted by atomic mass is 10.0. The summed E-state index contributed by atoms with van der Waals surface area (Å²) in [6.45, 7) is 6.51. The zero-order chi connectivity index (χ0) is 9.84. The van der Waals surface area contributed by atoms with Crippen molar-refractivity contribution < 1.29 is 4.74 Å². The van der Waals surface area contributed by atoms with Gasteiger partial charge in [0, 0.05) is 5.38 Å². The van der Waals surface area contributed by atoms with E-state index in [2.05, 4.69) is 20.8 Å². The maximum absolute atomic E-state index is 6.17. The van der Waals surface area contributed by atoms with Gasteiger partial charge in [-0.15, -0.1) is 11.6 Å². The molecular formula is C11H21ClO. The molecule has 2 heteroatoms. The molecule has 0 aromatic rings. The third-order valence-electron chi connectivity index (χ3n) is 2.81. The van der Waals surface area contributed by atoms with Crippen LogP contribution in [-0.2, 0) is 4.74 Å². The third-order valence-corrected chi connectivity index (χ3v) is 3.53. The van der Waals surface area contributed by atoms with Crippen LogP contribution in [0.4, 0.5) is 0 Å². The molecule has 1 heterocycles. The molecule has 0 aliphatic carbocycles. The van der Waals surface area contributed by atoms with Crippen LogP contribution in [0.15, 0.2) is 0 Å². The molecule has 0 aromatic carbocycles. The highest BCUT2D eigenvalue weighted by Crippen LogP contribution is 2.25. The molecule has 3 atom stereocenters. The van der Waals surface area contributed by atoms with Crippen molar-refractivity contribution in [1.82, 2.24) is 0 Å². The highest BCUT2D eigenvalue weighted by atomic mass is 35.5. The van der Waals surface area contributed by atoms with Crippen molar-refractivity contribution in [2.75, 3.05) is 0 Å². The van der Waals surface area contributed by atoms with E-state index in [0.29, 0.717) is 23.5 Å². The molecule has 3 unspecified atom stereocenters. The molecule has 0 radical (unpaired) electrons. The minimum atomic E-state index is 0.319. The molecule has 0 N–H and O–H groups in total. The Morgan fingerprint density at radius 1 is 1.38 bits per heavy atom. The Morgan fingerprint density at radius 3 is 2.54 bits per heavy atom. The zero-order valence-corrected chi connectivity index (χ0v) is 9.68. The van der Waals surface area contributed by atoms with Crippen molar-refractivity contribution in [1.29, 1.82) is 0 Å². The standard InChI is InChI=1S/C11H21ClO/c1-8(2)11(12)7-6-10-5-4-9(3)13-10/h8-11H,4-7H2,1-3H3. The predicted molar refractivity (Wildman–Crippen MR) is 57.3 cm³/mol. The van der Waals surface area contributed by atoms with Crippen LogP contribution < -0.4 is 0 Å². The van der Waals surface area contributed by atoms with E-state index in [9.17, 15) is 0 Å². The number of rotatable bonds is 4. The van der Waals surface area contributed by atoms with Crippen LogP contribution >= 0.6 is 11.6 Å². The summed E-state index contributed by atoms with van der Waals surface area (Å²) in [7, 11) is 0. The van der Waals surface area contributed by atoms with Gasteiger partial charge in [-0.25, -0.2) is 0 Å². The monoisotopic (exact) mass is 204 g/mol. The molecule has 78 valence electrons. The molecule has 1 saturated heterocycles. The lowest BCUT2D eigenvalue weighted by Gasteiger charge is -2.16. The van der Waals surface area contributed by atoms with Gasteiger partial charge in [-0.05, 0) is 38.5 Å². The van der Waals surface area contributed by atoms with Gasteiger partial charge in [0.2, 0.25) is 0 Å². The smallest absolute Gasteiger partial charge is 0.0580 e. The van der Waals surface area contributed by atoms with E-state index in [1.807, 2.05) is 0 Å². The van der Waals surface area contributed by atoms with E-state index in [-0.39, 0.29) is 0 Å². The predicted octanol–water partition coefficient (Wildman–Crippen LogP) is 3.60. The van der Waals surface area contributed by atoms with E-state index in [4.69, 9.17) is 16.3 Å². The Hall–Kier alpha value is 0.250. The first-order chi connectivity index (χ1) is 6.09. The molecule has 0 spiro atoms. The second kappa shape index (κ2) is 5.21. The van der Waals surface area contributed by atoms with Gasteiger partial charge in [0.05, 0.1) is 12.2 Å². The van der Waals surface area contributed by atoms with Gasteiger partial charge < -0.3 is 4.74 Å². The van der Waals surface area contributed by atoms with Crippen LogP contribution in [-0.4, -0.2) is 17.6 Å². The summed E-state index contributed by atoms with van der Waals surface area (Å²) < 4.78 is 5.73. The maximum atomic E-state index is 6.17. The van der Waals surface area contributed by atoms with E-state index in [1.54, 1.807) is 0 Å². The Bertz CT molecular complexity index is 147. The molecular weight excluding hydrogens is 184 g/mol. The van der Waals surface area contributed by atoms with Crippen LogP contribution in [0.25, 0.3) is 0 Å². The van der Waals surface area contributed by atoms with Gasteiger partial charge in [0.25, 0.3) is 0 Å². The third kappa shape index (κ3) is 3.86. The van der Waals surface area contributed by atoms with Gasteiger partial charge in [-0.3, -0.25) is 0 Å². The van der Waals surface area contributed by atoms with E-state index < -0.39 is 0 Å². The lowest BCUT2D eigenvalue weighted by molar-refractivity contribution is 0.0492. The fraction of sp³-hybridized carbons (Fsp3) is 1.00. The maximum Gasteiger partial charge on any atom is 0.0580 e. The number of alkyl halides is 1. The molecule has 1 aliphatic rings. The largest absolute Gasteiger partial charge is 0.375 e. The SMILES string of the molecule is CC1CCC(CCC(Cl)C(C)C)O1. The highest BCUT2D eigenvalue weighted by Gasteiger charge is 2.22. The first kappa shape index (κ1) is 11.3. The summed E-state index contributed by atoms with van der Waals surface area (Å²) in [6, 6.07) is 0. The summed E-state index contributed by atoms with van der Waals surface area (Å²) in [4.78, 5) is 0. The van der Waals surface area contributed by atoms with Crippen molar-refractivity contribution in [3.8, 4) is 0 Å². The molecule has 1 fully saturated rings. The minimum absolute atomic E-state index is 0.319. The zero-order valence-electron chi connectivity index (χ0n) is 8.92. The van der Waals surface area contributed by atoms with Crippen molar-refractivity contribution >= 4 is 11.6 Å². The number of hydrogen-bond acceptors (Lipinski definition) is 1. The normalized spacial score (nSPS) is 31.2. The van der Waals surface area contributed by atoms with Crippen LogP contribution in [0.3, 0.4) is 0 Å². The average Bonchev–Trinajstić information content (AvgIpc) is 2.47. The molecule has 0 aromatic heterocycles. The van der Waals surface area contributed by atoms with Crippen molar-refractivity contribution in [3.05, 3.63) is 0 Å². The second-order valence-corrected chi connectivity index (χ2v) is 5.04. The van der Waals surface area contributed by atoms with Crippen LogP contribution in [0.2, 0.25) is 0 Å². The molecule has 0 saturated carbocycles. The molecule has 13 heavy (non-hydrogen) atoms. The van der Waals surface area contributed by atoms with Crippen molar-refractivity contribution in [2.24, 2.45) is 5.92 Å². The van der Waals surface area contributed by atoms with E-state index in [1.165, 1.54) is 12.8 Å². The van der Waals surface area contributed by atoms with Gasteiger partial charge >= 0.3 is 0 Å². The topological polar surface area (TPSA) is 9.23 Å². The summed E-state index contributed by atoms with van der Waals surface area (Å²) in [6.07, 6.45) is 5.63. The molecule has 1 rings (SSSR count). The van der Waals surface area contributed by atoms with Crippen LogP contribution in [0.5, 0.6) is 0 Å². The van der Waals surface area contributed by atoms with Gasteiger partial charge in [-0.2, -0.15) is 0 Å². The molecule has 0 amide bonds. The average molecular weight is 205 g/mol. The van der Waals surface area contributed by atoms with Crippen molar-refractivity contribution in [2.45, 2.75) is 64.0 Å². The van der Waals surface area contributed by atoms with E-state index in [0.717, 1.165) is 12.8 Å². The minimum Gasteiger partial charge on any atom is -0.375 e. The first-order valence-corrected chi connectivity index (χ1v) is 5.82. The summed E-state index contributed by atoms with van der Waals surface area (Å²) in [5.41, 5.74) is 0. The quantitative estimate of drug-likeness (QED) is 0.636. The molecule has 1 nitrogen and oxygen atoms in total. The Labute approximate surface area is 86.8 Å².